The minimum absolute atomic E-state index is 0.445. The zero-order valence-corrected chi connectivity index (χ0v) is 11.3. The van der Waals surface area contributed by atoms with Gasteiger partial charge >= 0.3 is 12.0 Å². The number of hydrogen-bond acceptors (Lipinski definition) is 3. The highest BCUT2D eigenvalue weighted by molar-refractivity contribution is 5.82. The Balaban J connectivity index is 2.48. The SMILES string of the molecule is CC(C)(C)[C@@H](NC(=O)NN1CCCCC1)C(=O)O. The van der Waals surface area contributed by atoms with Gasteiger partial charge in [-0.05, 0) is 18.3 Å². The first-order valence-electron chi connectivity index (χ1n) is 6.35. The van der Waals surface area contributed by atoms with E-state index in [0.717, 1.165) is 25.9 Å². The number of amides is 2. The number of carbonyl (C=O) groups excluding carboxylic acids is 1. The van der Waals surface area contributed by atoms with Crippen LogP contribution in [0, 0.1) is 5.41 Å². The third-order valence-corrected chi connectivity index (χ3v) is 3.00. The Labute approximate surface area is 108 Å². The van der Waals surface area contributed by atoms with Crippen LogP contribution in [-0.2, 0) is 4.79 Å². The number of nitrogens with one attached hydrogen (secondary N) is 2. The lowest BCUT2D eigenvalue weighted by Gasteiger charge is -2.31. The van der Waals surface area contributed by atoms with Gasteiger partial charge in [0, 0.05) is 13.1 Å². The average Bonchev–Trinajstić information content (AvgIpc) is 2.25. The Morgan fingerprint density at radius 1 is 1.17 bits per heavy atom. The fourth-order valence-electron chi connectivity index (χ4n) is 1.96. The molecule has 0 aromatic rings. The highest BCUT2D eigenvalue weighted by Gasteiger charge is 2.32. The maximum absolute atomic E-state index is 11.7. The molecular formula is C12H23N3O3. The smallest absolute Gasteiger partial charge is 0.330 e. The molecule has 1 aliphatic rings. The molecule has 0 aliphatic carbocycles. The first-order chi connectivity index (χ1) is 8.30. The van der Waals surface area contributed by atoms with E-state index in [1.54, 1.807) is 20.8 Å². The van der Waals surface area contributed by atoms with E-state index >= 15 is 0 Å². The number of nitrogens with zero attached hydrogens (tertiary/aromatic N) is 1. The van der Waals surface area contributed by atoms with Crippen LogP contribution < -0.4 is 10.7 Å². The normalized spacial score (nSPS) is 19.1. The van der Waals surface area contributed by atoms with Gasteiger partial charge in [-0.15, -0.1) is 0 Å². The van der Waals surface area contributed by atoms with Gasteiger partial charge in [0.15, 0.2) is 0 Å². The lowest BCUT2D eigenvalue weighted by atomic mass is 9.87. The van der Waals surface area contributed by atoms with Crippen molar-refractivity contribution in [3.8, 4) is 0 Å². The van der Waals surface area contributed by atoms with Crippen LogP contribution >= 0.6 is 0 Å². The molecule has 6 nitrogen and oxygen atoms in total. The topological polar surface area (TPSA) is 81.7 Å². The van der Waals surface area contributed by atoms with E-state index in [1.165, 1.54) is 6.42 Å². The lowest BCUT2D eigenvalue weighted by molar-refractivity contribution is -0.141. The second-order valence-electron chi connectivity index (χ2n) is 5.77. The van der Waals surface area contributed by atoms with Crippen molar-refractivity contribution in [1.29, 1.82) is 0 Å². The summed E-state index contributed by atoms with van der Waals surface area (Å²) in [6.45, 7) is 6.99. The van der Waals surface area contributed by atoms with Crippen LogP contribution in [0.1, 0.15) is 40.0 Å². The monoisotopic (exact) mass is 257 g/mol. The van der Waals surface area contributed by atoms with E-state index < -0.39 is 23.5 Å². The van der Waals surface area contributed by atoms with Crippen molar-refractivity contribution in [1.82, 2.24) is 15.8 Å². The number of hydrazine groups is 1. The lowest BCUT2D eigenvalue weighted by Crippen LogP contribution is -2.56. The average molecular weight is 257 g/mol. The summed E-state index contributed by atoms with van der Waals surface area (Å²) in [6.07, 6.45) is 3.30. The molecule has 0 bridgehead atoms. The molecular weight excluding hydrogens is 234 g/mol. The molecule has 1 heterocycles. The van der Waals surface area contributed by atoms with Crippen molar-refractivity contribution in [2.75, 3.05) is 13.1 Å². The molecule has 18 heavy (non-hydrogen) atoms. The Bertz CT molecular complexity index is 306. The summed E-state index contributed by atoms with van der Waals surface area (Å²) in [5.74, 6) is -1.02. The number of aliphatic carboxylic acids is 1. The molecule has 0 unspecified atom stereocenters. The molecule has 6 heteroatoms. The van der Waals surface area contributed by atoms with Crippen LogP contribution in [0.3, 0.4) is 0 Å². The largest absolute Gasteiger partial charge is 0.480 e. The second-order valence-corrected chi connectivity index (χ2v) is 5.77. The van der Waals surface area contributed by atoms with Crippen LogP contribution in [0.5, 0.6) is 0 Å². The molecule has 1 fully saturated rings. The fourth-order valence-corrected chi connectivity index (χ4v) is 1.96. The number of carbonyl (C=O) groups is 2. The second kappa shape index (κ2) is 6.04. The highest BCUT2D eigenvalue weighted by Crippen LogP contribution is 2.19. The van der Waals surface area contributed by atoms with Crippen LogP contribution in [0.4, 0.5) is 4.79 Å². The van der Waals surface area contributed by atoms with E-state index in [1.807, 2.05) is 5.01 Å². The van der Waals surface area contributed by atoms with Gasteiger partial charge in [0.05, 0.1) is 0 Å². The van der Waals surface area contributed by atoms with E-state index in [2.05, 4.69) is 10.7 Å². The van der Waals surface area contributed by atoms with Crippen LogP contribution in [-0.4, -0.2) is 41.2 Å². The third kappa shape index (κ3) is 4.52. The Kier molecular flexibility index (Phi) is 4.95. The maximum Gasteiger partial charge on any atom is 0.330 e. The molecule has 0 saturated carbocycles. The summed E-state index contributed by atoms with van der Waals surface area (Å²) >= 11 is 0. The number of rotatable bonds is 3. The standard InChI is InChI=1S/C12H23N3O3/c1-12(2,3)9(10(16)17)13-11(18)14-15-7-5-4-6-8-15/h9H,4-8H2,1-3H3,(H,16,17)(H2,13,14,18)/t9-/m0/s1. The van der Waals surface area contributed by atoms with Gasteiger partial charge in [0.1, 0.15) is 6.04 Å². The molecule has 0 spiro atoms. The van der Waals surface area contributed by atoms with Gasteiger partial charge in [0.2, 0.25) is 0 Å². The number of urea groups is 1. The van der Waals surface area contributed by atoms with E-state index in [0.29, 0.717) is 0 Å². The highest BCUT2D eigenvalue weighted by atomic mass is 16.4. The third-order valence-electron chi connectivity index (χ3n) is 3.00. The van der Waals surface area contributed by atoms with E-state index in [4.69, 9.17) is 5.11 Å². The number of hydrogen-bond donors (Lipinski definition) is 3. The molecule has 0 radical (unpaired) electrons. The molecule has 104 valence electrons. The predicted octanol–water partition coefficient (Wildman–Crippen LogP) is 1.19. The van der Waals surface area contributed by atoms with Crippen molar-refractivity contribution >= 4 is 12.0 Å². The van der Waals surface area contributed by atoms with Crippen LogP contribution in [0.15, 0.2) is 0 Å². The molecule has 0 aromatic heterocycles. The molecule has 1 atom stereocenters. The summed E-state index contributed by atoms with van der Waals surface area (Å²) < 4.78 is 0. The zero-order valence-electron chi connectivity index (χ0n) is 11.3. The van der Waals surface area contributed by atoms with Gasteiger partial charge in [0.25, 0.3) is 0 Å². The summed E-state index contributed by atoms with van der Waals surface area (Å²) in [7, 11) is 0. The zero-order chi connectivity index (χ0) is 13.8. The first kappa shape index (κ1) is 14.8. The van der Waals surface area contributed by atoms with Crippen LogP contribution in [0.25, 0.3) is 0 Å². The Morgan fingerprint density at radius 3 is 2.17 bits per heavy atom. The van der Waals surface area contributed by atoms with Crippen molar-refractivity contribution in [3.05, 3.63) is 0 Å². The van der Waals surface area contributed by atoms with Gasteiger partial charge in [-0.25, -0.2) is 14.6 Å². The molecule has 1 rings (SSSR count). The number of carboxylic acids is 1. The summed E-state index contributed by atoms with van der Waals surface area (Å²) in [5.41, 5.74) is 2.17. The van der Waals surface area contributed by atoms with Gasteiger partial charge in [-0.1, -0.05) is 27.2 Å². The minimum Gasteiger partial charge on any atom is -0.480 e. The Morgan fingerprint density at radius 2 is 1.72 bits per heavy atom. The first-order valence-corrected chi connectivity index (χ1v) is 6.35. The molecule has 1 aliphatic heterocycles. The number of carboxylic acid groups (broad SMARTS) is 1. The molecule has 1 saturated heterocycles. The van der Waals surface area contributed by atoms with Crippen LogP contribution in [0.2, 0.25) is 0 Å². The maximum atomic E-state index is 11.7. The summed E-state index contributed by atoms with van der Waals surface area (Å²) in [6, 6.07) is -1.35. The van der Waals surface area contributed by atoms with Gasteiger partial charge < -0.3 is 10.4 Å². The summed E-state index contributed by atoms with van der Waals surface area (Å²) in [4.78, 5) is 22.9. The van der Waals surface area contributed by atoms with E-state index in [9.17, 15) is 9.59 Å². The summed E-state index contributed by atoms with van der Waals surface area (Å²) in [5, 5.41) is 13.5. The van der Waals surface area contributed by atoms with Gasteiger partial charge in [-0.2, -0.15) is 0 Å². The molecule has 0 aromatic carbocycles. The van der Waals surface area contributed by atoms with E-state index in [-0.39, 0.29) is 0 Å². The molecule has 2 amide bonds. The number of piperidine rings is 1. The van der Waals surface area contributed by atoms with Gasteiger partial charge in [-0.3, -0.25) is 5.43 Å². The molecule has 3 N–H and O–H groups in total. The van der Waals surface area contributed by atoms with Crippen molar-refractivity contribution in [3.63, 3.8) is 0 Å². The van der Waals surface area contributed by atoms with Crippen molar-refractivity contribution in [2.24, 2.45) is 5.41 Å². The quantitative estimate of drug-likeness (QED) is 0.709. The Hall–Kier alpha value is -1.30. The van der Waals surface area contributed by atoms with Crippen molar-refractivity contribution < 1.29 is 14.7 Å². The fraction of sp³-hybridized carbons (Fsp3) is 0.833. The predicted molar refractivity (Wildman–Crippen MR) is 68.0 cm³/mol. The minimum atomic E-state index is -1.02. The van der Waals surface area contributed by atoms with Crippen molar-refractivity contribution in [2.45, 2.75) is 46.1 Å².